The second kappa shape index (κ2) is 2.90. The highest BCUT2D eigenvalue weighted by Gasteiger charge is 2.43. The summed E-state index contributed by atoms with van der Waals surface area (Å²) >= 11 is 0. The molecule has 0 fully saturated rings. The van der Waals surface area contributed by atoms with Crippen molar-refractivity contribution in [1.82, 2.24) is 9.55 Å². The summed E-state index contributed by atoms with van der Waals surface area (Å²) in [5.41, 5.74) is 0.601. The molecule has 6 heteroatoms. The first-order chi connectivity index (χ1) is 6.48. The summed E-state index contributed by atoms with van der Waals surface area (Å²) in [7, 11) is 0. The highest BCUT2D eigenvalue weighted by molar-refractivity contribution is 5.32. The largest absolute Gasteiger partial charge is 0.409 e. The molecule has 0 bridgehead atoms. The van der Waals surface area contributed by atoms with Gasteiger partial charge in [0, 0.05) is 12.7 Å². The minimum Gasteiger partial charge on any atom is -0.356 e. The van der Waals surface area contributed by atoms with Crippen LogP contribution < -0.4 is 5.32 Å². The number of hydrogen-bond donors (Lipinski definition) is 1. The van der Waals surface area contributed by atoms with Crippen LogP contribution in [0.25, 0.3) is 0 Å². The average molecular weight is 205 g/mol. The second-order valence-corrected chi connectivity index (χ2v) is 3.39. The fourth-order valence-corrected chi connectivity index (χ4v) is 1.67. The van der Waals surface area contributed by atoms with Crippen LogP contribution in [-0.2, 0) is 0 Å². The maximum absolute atomic E-state index is 12.6. The van der Waals surface area contributed by atoms with Crippen LogP contribution in [0.15, 0.2) is 6.20 Å². The number of nitrogens with one attached hydrogen (secondary N) is 1. The van der Waals surface area contributed by atoms with E-state index in [1.165, 1.54) is 10.8 Å². The van der Waals surface area contributed by atoms with Gasteiger partial charge in [0.25, 0.3) is 0 Å². The number of fused-ring (bicyclic) bond motifs is 1. The molecule has 1 N–H and O–H groups in total. The standard InChI is InChI=1S/C8H10F3N3/c1-5-4-14-6(8(9,10)11)2-3-12-7(14)13-5/h4,6H,2-3H2,1H3,(H,12,13). The fraction of sp³-hybridized carbons (Fsp3) is 0.625. The van der Waals surface area contributed by atoms with Crippen LogP contribution in [0, 0.1) is 6.92 Å². The van der Waals surface area contributed by atoms with E-state index in [1.807, 2.05) is 0 Å². The lowest BCUT2D eigenvalue weighted by Gasteiger charge is -2.27. The van der Waals surface area contributed by atoms with Crippen molar-refractivity contribution < 1.29 is 13.2 Å². The lowest BCUT2D eigenvalue weighted by Crippen LogP contribution is -2.33. The maximum atomic E-state index is 12.6. The smallest absolute Gasteiger partial charge is 0.356 e. The van der Waals surface area contributed by atoms with Gasteiger partial charge in [0.15, 0.2) is 0 Å². The van der Waals surface area contributed by atoms with Crippen molar-refractivity contribution in [1.29, 1.82) is 0 Å². The van der Waals surface area contributed by atoms with E-state index in [9.17, 15) is 13.2 Å². The van der Waals surface area contributed by atoms with Gasteiger partial charge in [-0.2, -0.15) is 13.2 Å². The second-order valence-electron chi connectivity index (χ2n) is 3.39. The van der Waals surface area contributed by atoms with Crippen LogP contribution in [0.5, 0.6) is 0 Å². The van der Waals surface area contributed by atoms with Crippen LogP contribution in [0.3, 0.4) is 0 Å². The highest BCUT2D eigenvalue weighted by Crippen LogP contribution is 2.37. The van der Waals surface area contributed by atoms with Crippen molar-refractivity contribution in [2.75, 3.05) is 11.9 Å². The predicted octanol–water partition coefficient (Wildman–Crippen LogP) is 2.11. The quantitative estimate of drug-likeness (QED) is 0.703. The summed E-state index contributed by atoms with van der Waals surface area (Å²) in [5, 5.41) is 2.84. The summed E-state index contributed by atoms with van der Waals surface area (Å²) in [4.78, 5) is 3.97. The lowest BCUT2D eigenvalue weighted by atomic mass is 10.1. The molecule has 0 spiro atoms. The normalized spacial score (nSPS) is 21.6. The molecular formula is C8H10F3N3. The lowest BCUT2D eigenvalue weighted by molar-refractivity contribution is -0.169. The number of aromatic nitrogens is 2. The number of aryl methyl sites for hydroxylation is 1. The molecule has 1 aliphatic rings. The summed E-state index contributed by atoms with van der Waals surface area (Å²) in [6, 6.07) is -1.43. The molecule has 78 valence electrons. The highest BCUT2D eigenvalue weighted by atomic mass is 19.4. The Kier molecular flexibility index (Phi) is 1.94. The third kappa shape index (κ3) is 1.44. The van der Waals surface area contributed by atoms with Crippen LogP contribution in [0.2, 0.25) is 0 Å². The van der Waals surface area contributed by atoms with Crippen molar-refractivity contribution in [2.45, 2.75) is 25.6 Å². The number of imidazole rings is 1. The molecule has 0 amide bonds. The Balaban J connectivity index is 2.40. The Labute approximate surface area is 78.9 Å². The third-order valence-corrected chi connectivity index (χ3v) is 2.27. The van der Waals surface area contributed by atoms with Crippen molar-refractivity contribution >= 4 is 5.95 Å². The Morgan fingerprint density at radius 1 is 1.57 bits per heavy atom. The van der Waals surface area contributed by atoms with Crippen LogP contribution in [-0.4, -0.2) is 22.3 Å². The average Bonchev–Trinajstić information content (AvgIpc) is 2.41. The van der Waals surface area contributed by atoms with Crippen molar-refractivity contribution in [3.63, 3.8) is 0 Å². The zero-order valence-corrected chi connectivity index (χ0v) is 7.60. The number of anilines is 1. The van der Waals surface area contributed by atoms with Crippen LogP contribution in [0.1, 0.15) is 18.2 Å². The molecule has 0 saturated carbocycles. The van der Waals surface area contributed by atoms with Crippen molar-refractivity contribution in [2.24, 2.45) is 0 Å². The minimum absolute atomic E-state index is 0.0618. The number of alkyl halides is 3. The summed E-state index contributed by atoms with van der Waals surface area (Å²) < 4.78 is 38.8. The van der Waals surface area contributed by atoms with Gasteiger partial charge in [-0.15, -0.1) is 0 Å². The van der Waals surface area contributed by atoms with E-state index < -0.39 is 12.2 Å². The van der Waals surface area contributed by atoms with E-state index in [4.69, 9.17) is 0 Å². The molecule has 2 rings (SSSR count). The molecule has 3 nitrogen and oxygen atoms in total. The number of rotatable bonds is 0. The van der Waals surface area contributed by atoms with Gasteiger partial charge in [0.05, 0.1) is 5.69 Å². The molecule has 1 aromatic heterocycles. The first kappa shape index (κ1) is 9.36. The van der Waals surface area contributed by atoms with Crippen LogP contribution in [0.4, 0.5) is 19.1 Å². The van der Waals surface area contributed by atoms with Gasteiger partial charge < -0.3 is 9.88 Å². The monoisotopic (exact) mass is 205 g/mol. The first-order valence-electron chi connectivity index (χ1n) is 4.34. The van der Waals surface area contributed by atoms with E-state index in [1.54, 1.807) is 6.92 Å². The van der Waals surface area contributed by atoms with Gasteiger partial charge in [0.2, 0.25) is 5.95 Å². The molecule has 0 aromatic carbocycles. The Hall–Kier alpha value is -1.20. The predicted molar refractivity (Wildman–Crippen MR) is 45.2 cm³/mol. The van der Waals surface area contributed by atoms with Crippen LogP contribution >= 0.6 is 0 Å². The summed E-state index contributed by atoms with van der Waals surface area (Å²) in [5.74, 6) is 0.316. The molecule has 0 radical (unpaired) electrons. The van der Waals surface area contributed by atoms with Gasteiger partial charge in [-0.3, -0.25) is 0 Å². The molecule has 14 heavy (non-hydrogen) atoms. The van der Waals surface area contributed by atoms with Crippen molar-refractivity contribution in [3.05, 3.63) is 11.9 Å². The zero-order valence-electron chi connectivity index (χ0n) is 7.60. The van der Waals surface area contributed by atoms with Gasteiger partial charge in [-0.05, 0) is 13.3 Å². The van der Waals surface area contributed by atoms with E-state index in [2.05, 4.69) is 10.3 Å². The SMILES string of the molecule is Cc1cn2c(n1)NCCC2C(F)(F)F. The van der Waals surface area contributed by atoms with Gasteiger partial charge in [-0.25, -0.2) is 4.98 Å². The molecular weight excluding hydrogens is 195 g/mol. The number of halogens is 3. The van der Waals surface area contributed by atoms with Crippen molar-refractivity contribution in [3.8, 4) is 0 Å². The number of hydrogen-bond acceptors (Lipinski definition) is 2. The maximum Gasteiger partial charge on any atom is 0.409 e. The molecule has 1 atom stereocenters. The fourth-order valence-electron chi connectivity index (χ4n) is 1.67. The molecule has 0 aliphatic carbocycles. The molecule has 1 unspecified atom stereocenters. The molecule has 0 saturated heterocycles. The molecule has 1 aromatic rings. The van der Waals surface area contributed by atoms with Gasteiger partial charge >= 0.3 is 6.18 Å². The van der Waals surface area contributed by atoms with E-state index >= 15 is 0 Å². The summed E-state index contributed by atoms with van der Waals surface area (Å²) in [6.45, 7) is 2.00. The van der Waals surface area contributed by atoms with E-state index in [0.29, 0.717) is 18.2 Å². The third-order valence-electron chi connectivity index (χ3n) is 2.27. The first-order valence-corrected chi connectivity index (χ1v) is 4.34. The zero-order chi connectivity index (χ0) is 10.3. The Morgan fingerprint density at radius 3 is 2.93 bits per heavy atom. The molecule has 1 aliphatic heterocycles. The summed E-state index contributed by atoms with van der Waals surface area (Å²) in [6.07, 6.45) is -2.70. The van der Waals surface area contributed by atoms with Gasteiger partial charge in [-0.1, -0.05) is 0 Å². The Morgan fingerprint density at radius 2 is 2.29 bits per heavy atom. The van der Waals surface area contributed by atoms with E-state index in [-0.39, 0.29) is 6.42 Å². The van der Waals surface area contributed by atoms with E-state index in [0.717, 1.165) is 0 Å². The molecule has 2 heterocycles. The Bertz CT molecular complexity index is 342. The minimum atomic E-state index is -4.19. The number of nitrogens with zero attached hydrogens (tertiary/aromatic N) is 2. The topological polar surface area (TPSA) is 29.9 Å². The van der Waals surface area contributed by atoms with Gasteiger partial charge in [0.1, 0.15) is 6.04 Å².